The van der Waals surface area contributed by atoms with Crippen LogP contribution in [0.25, 0.3) is 0 Å². The summed E-state index contributed by atoms with van der Waals surface area (Å²) in [6.45, 7) is 5.53. The Morgan fingerprint density at radius 3 is 2.50 bits per heavy atom. The number of hydrogen-bond acceptors (Lipinski definition) is 2. The van der Waals surface area contributed by atoms with E-state index in [9.17, 15) is 4.79 Å². The first-order valence-corrected chi connectivity index (χ1v) is 5.55. The molecule has 1 aromatic carbocycles. The minimum Gasteiger partial charge on any atom is -0.490 e. The Labute approximate surface area is 97.8 Å². The molecule has 0 aliphatic heterocycles. The van der Waals surface area contributed by atoms with Crippen LogP contribution < -0.4 is 4.74 Å². The molecule has 0 bridgehead atoms. The molecule has 0 unspecified atom stereocenters. The number of Topliss-reactive ketones (excluding diaryl/α,β-unsaturated/α-hetero) is 1. The standard InChI is InChI=1S/C11H13IO2/c1-7(2)14-11-5-4-9(8(3)13)6-10(11)12/h4-7H,1-3H3. The minimum absolute atomic E-state index is 0.0824. The highest BCUT2D eigenvalue weighted by Gasteiger charge is 2.06. The topological polar surface area (TPSA) is 26.3 Å². The molecule has 0 spiro atoms. The maximum Gasteiger partial charge on any atom is 0.159 e. The van der Waals surface area contributed by atoms with Crippen molar-refractivity contribution in [3.05, 3.63) is 27.3 Å². The first kappa shape index (κ1) is 11.5. The van der Waals surface area contributed by atoms with E-state index in [4.69, 9.17) is 4.74 Å². The molecule has 1 rings (SSSR count). The number of ketones is 1. The number of carbonyl (C=O) groups excluding carboxylic acids is 1. The van der Waals surface area contributed by atoms with E-state index in [-0.39, 0.29) is 11.9 Å². The fraction of sp³-hybridized carbons (Fsp3) is 0.364. The summed E-state index contributed by atoms with van der Waals surface area (Å²) in [5.74, 6) is 0.921. The summed E-state index contributed by atoms with van der Waals surface area (Å²) in [6, 6.07) is 5.49. The van der Waals surface area contributed by atoms with Gasteiger partial charge in [-0.1, -0.05) is 0 Å². The van der Waals surface area contributed by atoms with Crippen molar-refractivity contribution < 1.29 is 9.53 Å². The second-order valence-corrected chi connectivity index (χ2v) is 4.53. The first-order valence-electron chi connectivity index (χ1n) is 4.48. The van der Waals surface area contributed by atoms with E-state index >= 15 is 0 Å². The van der Waals surface area contributed by atoms with Crippen LogP contribution in [-0.4, -0.2) is 11.9 Å². The molecule has 3 heteroatoms. The summed E-state index contributed by atoms with van der Waals surface area (Å²) in [4.78, 5) is 11.1. The van der Waals surface area contributed by atoms with E-state index in [2.05, 4.69) is 22.6 Å². The summed E-state index contributed by atoms with van der Waals surface area (Å²) >= 11 is 2.18. The van der Waals surface area contributed by atoms with Crippen molar-refractivity contribution >= 4 is 28.4 Å². The molecule has 14 heavy (non-hydrogen) atoms. The van der Waals surface area contributed by atoms with Crippen LogP contribution >= 0.6 is 22.6 Å². The number of rotatable bonds is 3. The lowest BCUT2D eigenvalue weighted by Gasteiger charge is -2.11. The van der Waals surface area contributed by atoms with E-state index in [1.54, 1.807) is 13.0 Å². The van der Waals surface area contributed by atoms with E-state index in [1.807, 2.05) is 26.0 Å². The second-order valence-electron chi connectivity index (χ2n) is 3.37. The van der Waals surface area contributed by atoms with Gasteiger partial charge in [0.1, 0.15) is 5.75 Å². The van der Waals surface area contributed by atoms with Crippen LogP contribution in [0.4, 0.5) is 0 Å². The molecular weight excluding hydrogens is 291 g/mol. The Morgan fingerprint density at radius 2 is 2.07 bits per heavy atom. The van der Waals surface area contributed by atoms with Crippen LogP contribution in [0.2, 0.25) is 0 Å². The van der Waals surface area contributed by atoms with Gasteiger partial charge in [0.15, 0.2) is 5.78 Å². The van der Waals surface area contributed by atoms with Gasteiger partial charge in [-0.25, -0.2) is 0 Å². The maximum atomic E-state index is 11.1. The third-order valence-corrected chi connectivity index (χ3v) is 2.54. The zero-order valence-electron chi connectivity index (χ0n) is 8.50. The number of halogens is 1. The van der Waals surface area contributed by atoms with E-state index < -0.39 is 0 Å². The van der Waals surface area contributed by atoms with Crippen molar-refractivity contribution in [3.8, 4) is 5.75 Å². The fourth-order valence-corrected chi connectivity index (χ4v) is 1.71. The lowest BCUT2D eigenvalue weighted by Crippen LogP contribution is -2.07. The fourth-order valence-electron chi connectivity index (χ4n) is 1.07. The molecule has 0 N–H and O–H groups in total. The molecule has 0 aliphatic rings. The number of carbonyl (C=O) groups is 1. The van der Waals surface area contributed by atoms with Gasteiger partial charge in [0.2, 0.25) is 0 Å². The van der Waals surface area contributed by atoms with Crippen molar-refractivity contribution in [2.24, 2.45) is 0 Å². The summed E-state index contributed by atoms with van der Waals surface area (Å²) in [5, 5.41) is 0. The van der Waals surface area contributed by atoms with Crippen molar-refractivity contribution in [2.75, 3.05) is 0 Å². The number of hydrogen-bond donors (Lipinski definition) is 0. The lowest BCUT2D eigenvalue weighted by molar-refractivity contribution is 0.101. The zero-order chi connectivity index (χ0) is 10.7. The minimum atomic E-state index is 0.0824. The molecule has 0 aliphatic carbocycles. The van der Waals surface area contributed by atoms with Gasteiger partial charge in [-0.2, -0.15) is 0 Å². The first-order chi connectivity index (χ1) is 6.50. The van der Waals surface area contributed by atoms with E-state index in [0.717, 1.165) is 14.9 Å². The van der Waals surface area contributed by atoms with Gasteiger partial charge in [0, 0.05) is 5.56 Å². The van der Waals surface area contributed by atoms with Crippen molar-refractivity contribution in [1.29, 1.82) is 0 Å². The van der Waals surface area contributed by atoms with Gasteiger partial charge < -0.3 is 4.74 Å². The van der Waals surface area contributed by atoms with Crippen LogP contribution in [0, 0.1) is 3.57 Å². The Hall–Kier alpha value is -0.580. The van der Waals surface area contributed by atoms with Crippen LogP contribution in [0.15, 0.2) is 18.2 Å². The molecule has 0 saturated carbocycles. The molecule has 2 nitrogen and oxygen atoms in total. The second kappa shape index (κ2) is 4.77. The smallest absolute Gasteiger partial charge is 0.159 e. The van der Waals surface area contributed by atoms with Crippen molar-refractivity contribution in [1.82, 2.24) is 0 Å². The van der Waals surface area contributed by atoms with Crippen molar-refractivity contribution in [2.45, 2.75) is 26.9 Å². The highest BCUT2D eigenvalue weighted by molar-refractivity contribution is 14.1. The van der Waals surface area contributed by atoms with Gasteiger partial charge in [-0.05, 0) is 61.6 Å². The third-order valence-electron chi connectivity index (χ3n) is 1.70. The van der Waals surface area contributed by atoms with Gasteiger partial charge in [-0.15, -0.1) is 0 Å². The van der Waals surface area contributed by atoms with Crippen LogP contribution in [-0.2, 0) is 0 Å². The highest BCUT2D eigenvalue weighted by atomic mass is 127. The zero-order valence-corrected chi connectivity index (χ0v) is 10.7. The average Bonchev–Trinajstić information content (AvgIpc) is 2.07. The molecular formula is C11H13IO2. The summed E-state index contributed by atoms with van der Waals surface area (Å²) in [7, 11) is 0. The van der Waals surface area contributed by atoms with Gasteiger partial charge in [0.05, 0.1) is 9.67 Å². The Balaban J connectivity index is 2.95. The lowest BCUT2D eigenvalue weighted by atomic mass is 10.1. The van der Waals surface area contributed by atoms with Crippen LogP contribution in [0.3, 0.4) is 0 Å². The Bertz CT molecular complexity index is 345. The molecule has 0 saturated heterocycles. The normalized spacial score (nSPS) is 10.4. The van der Waals surface area contributed by atoms with Gasteiger partial charge in [0.25, 0.3) is 0 Å². The predicted octanol–water partition coefficient (Wildman–Crippen LogP) is 3.28. The highest BCUT2D eigenvalue weighted by Crippen LogP contribution is 2.23. The van der Waals surface area contributed by atoms with Gasteiger partial charge in [-0.3, -0.25) is 4.79 Å². The third kappa shape index (κ3) is 2.97. The predicted molar refractivity (Wildman–Crippen MR) is 64.9 cm³/mol. The molecule has 0 atom stereocenters. The molecule has 0 heterocycles. The van der Waals surface area contributed by atoms with Crippen LogP contribution in [0.5, 0.6) is 5.75 Å². The van der Waals surface area contributed by atoms with E-state index in [0.29, 0.717) is 0 Å². The molecule has 1 aromatic rings. The largest absolute Gasteiger partial charge is 0.490 e. The molecule has 76 valence electrons. The monoisotopic (exact) mass is 304 g/mol. The van der Waals surface area contributed by atoms with Crippen molar-refractivity contribution in [3.63, 3.8) is 0 Å². The molecule has 0 radical (unpaired) electrons. The number of ether oxygens (including phenoxy) is 1. The Kier molecular flexibility index (Phi) is 3.92. The van der Waals surface area contributed by atoms with Gasteiger partial charge >= 0.3 is 0 Å². The molecule has 0 fully saturated rings. The summed E-state index contributed by atoms with van der Waals surface area (Å²) in [5.41, 5.74) is 0.727. The SMILES string of the molecule is CC(=O)c1ccc(OC(C)C)c(I)c1. The average molecular weight is 304 g/mol. The maximum absolute atomic E-state index is 11.1. The number of benzene rings is 1. The quantitative estimate of drug-likeness (QED) is 0.633. The van der Waals surface area contributed by atoms with Crippen LogP contribution in [0.1, 0.15) is 31.1 Å². The molecule has 0 aromatic heterocycles. The van der Waals surface area contributed by atoms with E-state index in [1.165, 1.54) is 0 Å². The Morgan fingerprint density at radius 1 is 1.43 bits per heavy atom. The molecule has 0 amide bonds. The summed E-state index contributed by atoms with van der Waals surface area (Å²) < 4.78 is 6.54. The summed E-state index contributed by atoms with van der Waals surface area (Å²) in [6.07, 6.45) is 0.159.